The molecule has 0 bridgehead atoms. The Morgan fingerprint density at radius 2 is 1.51 bits per heavy atom. The summed E-state index contributed by atoms with van der Waals surface area (Å²) in [5.41, 5.74) is -2.40. The van der Waals surface area contributed by atoms with Gasteiger partial charge in [0, 0.05) is 55.9 Å². The van der Waals surface area contributed by atoms with E-state index in [0.29, 0.717) is 55.8 Å². The van der Waals surface area contributed by atoms with Crippen LogP contribution < -0.4 is 9.47 Å². The van der Waals surface area contributed by atoms with Gasteiger partial charge in [0.15, 0.2) is 0 Å². The predicted molar refractivity (Wildman–Crippen MR) is 184 cm³/mol. The Morgan fingerprint density at radius 1 is 0.882 bits per heavy atom. The number of aliphatic hydroxyl groups is 1. The summed E-state index contributed by atoms with van der Waals surface area (Å²) in [6.07, 6.45) is 1.22. The van der Waals surface area contributed by atoms with Crippen LogP contribution in [-0.2, 0) is 49.3 Å². The topological polar surface area (TPSA) is 153 Å². The van der Waals surface area contributed by atoms with Crippen LogP contribution in [0.1, 0.15) is 79.7 Å². The van der Waals surface area contributed by atoms with Gasteiger partial charge in [0.2, 0.25) is 0 Å². The first-order valence-corrected chi connectivity index (χ1v) is 17.8. The number of hydrogen-bond acceptors (Lipinski definition) is 12. The van der Waals surface area contributed by atoms with Crippen molar-refractivity contribution in [2.45, 2.75) is 104 Å². The quantitative estimate of drug-likeness (QED) is 0.191. The van der Waals surface area contributed by atoms with Crippen molar-refractivity contribution in [2.24, 2.45) is 34.0 Å². The molecule has 0 spiro atoms. The van der Waals surface area contributed by atoms with Crippen molar-refractivity contribution in [3.63, 3.8) is 0 Å². The van der Waals surface area contributed by atoms with Crippen molar-refractivity contribution < 1.29 is 57.4 Å². The molecule has 1 aromatic rings. The third-order valence-corrected chi connectivity index (χ3v) is 12.8. The van der Waals surface area contributed by atoms with Crippen LogP contribution >= 0.6 is 0 Å². The standard InChI is InChI=1S/C39H54O12/c1-22-19-32(49-24(3)41)37(7)30(39(22,44)16-13-27-28(45-8)11-10-12-29(27)46-9)14-15-36(6)31-20-47-21-38(31,17-18-48-23(2)40)35(51-26(5)43)33(34(36)37)50-25(4)42/h10-12,19,30-35,44H,13-18,20-21H2,1-9H3/t30-,31+,32-,33+,34?,35+,36+,37-,38+,39-/m1/s1. The van der Waals surface area contributed by atoms with Gasteiger partial charge >= 0.3 is 23.9 Å². The summed E-state index contributed by atoms with van der Waals surface area (Å²) < 4.78 is 41.7. The minimum absolute atomic E-state index is 0.0601. The zero-order valence-corrected chi connectivity index (χ0v) is 31.4. The summed E-state index contributed by atoms with van der Waals surface area (Å²) in [5, 5.41) is 13.0. The van der Waals surface area contributed by atoms with E-state index in [0.717, 1.165) is 5.56 Å². The molecule has 1 unspecified atom stereocenters. The van der Waals surface area contributed by atoms with Gasteiger partial charge in [-0.25, -0.2) is 0 Å². The van der Waals surface area contributed by atoms with Gasteiger partial charge in [-0.05, 0) is 74.1 Å². The number of esters is 4. The Bertz CT molecular complexity index is 1530. The molecular weight excluding hydrogens is 660 g/mol. The van der Waals surface area contributed by atoms with Crippen molar-refractivity contribution in [2.75, 3.05) is 34.0 Å². The number of rotatable bonds is 11. The first kappa shape index (κ1) is 38.6. The van der Waals surface area contributed by atoms with E-state index >= 15 is 0 Å². The van der Waals surface area contributed by atoms with Crippen molar-refractivity contribution in [1.29, 1.82) is 0 Å². The van der Waals surface area contributed by atoms with Crippen LogP contribution in [0.2, 0.25) is 0 Å². The van der Waals surface area contributed by atoms with Crippen molar-refractivity contribution in [3.05, 3.63) is 35.4 Å². The minimum atomic E-state index is -1.38. The van der Waals surface area contributed by atoms with Crippen LogP contribution in [0.5, 0.6) is 11.5 Å². The predicted octanol–water partition coefficient (Wildman–Crippen LogP) is 4.76. The fourth-order valence-corrected chi connectivity index (χ4v) is 10.8. The highest BCUT2D eigenvalue weighted by Crippen LogP contribution is 2.72. The third-order valence-electron chi connectivity index (χ3n) is 12.8. The van der Waals surface area contributed by atoms with E-state index in [-0.39, 0.29) is 19.1 Å². The zero-order valence-electron chi connectivity index (χ0n) is 31.4. The van der Waals surface area contributed by atoms with Gasteiger partial charge in [0.1, 0.15) is 29.8 Å². The Balaban J connectivity index is 1.69. The van der Waals surface area contributed by atoms with Gasteiger partial charge in [0.25, 0.3) is 0 Å². The summed E-state index contributed by atoms with van der Waals surface area (Å²) >= 11 is 0. The average Bonchev–Trinajstić information content (AvgIpc) is 3.49. The molecule has 3 aliphatic carbocycles. The molecule has 4 aliphatic rings. The molecule has 12 heteroatoms. The second-order valence-electron chi connectivity index (χ2n) is 15.4. The van der Waals surface area contributed by atoms with Crippen molar-refractivity contribution in [3.8, 4) is 11.5 Å². The van der Waals surface area contributed by atoms with E-state index in [9.17, 15) is 24.3 Å². The molecular formula is C39H54O12. The van der Waals surface area contributed by atoms with Gasteiger partial charge < -0.3 is 38.3 Å². The number of fused-ring (bicyclic) bond motifs is 5. The summed E-state index contributed by atoms with van der Waals surface area (Å²) in [6.45, 7) is 11.9. The van der Waals surface area contributed by atoms with Crippen LogP contribution in [0, 0.1) is 34.0 Å². The summed E-state index contributed by atoms with van der Waals surface area (Å²) in [5.74, 6) is -2.05. The Kier molecular flexibility index (Phi) is 10.9. The molecule has 51 heavy (non-hydrogen) atoms. The maximum atomic E-state index is 13.1. The lowest BCUT2D eigenvalue weighted by Gasteiger charge is -2.70. The molecule has 2 saturated carbocycles. The van der Waals surface area contributed by atoms with Gasteiger partial charge in [0.05, 0.1) is 39.6 Å². The molecule has 10 atom stereocenters. The molecule has 3 fully saturated rings. The minimum Gasteiger partial charge on any atom is -0.496 e. The molecule has 1 N–H and O–H groups in total. The molecule has 282 valence electrons. The maximum absolute atomic E-state index is 13.1. The van der Waals surface area contributed by atoms with Gasteiger partial charge in [-0.2, -0.15) is 0 Å². The molecule has 1 heterocycles. The Morgan fingerprint density at radius 3 is 2.08 bits per heavy atom. The van der Waals surface area contributed by atoms with Crippen LogP contribution in [0.15, 0.2) is 29.8 Å². The summed E-state index contributed by atoms with van der Waals surface area (Å²) in [6, 6.07) is 5.56. The molecule has 1 aliphatic heterocycles. The molecule has 12 nitrogen and oxygen atoms in total. The highest BCUT2D eigenvalue weighted by atomic mass is 16.6. The van der Waals surface area contributed by atoms with Crippen molar-refractivity contribution >= 4 is 23.9 Å². The van der Waals surface area contributed by atoms with Crippen molar-refractivity contribution in [1.82, 2.24) is 0 Å². The monoisotopic (exact) mass is 714 g/mol. The first-order chi connectivity index (χ1) is 24.0. The SMILES string of the molecule is COc1cccc(OC)c1CC[C@@]1(O)C(C)=C[C@@H](OC(C)=O)[C@]2(C)C3[C@H](OC(C)=O)[C@H](OC(C)=O)[C@@]4(CCOC(C)=O)COC[C@H]4[C@]3(C)CC[C@H]21. The Hall–Kier alpha value is -3.64. The summed E-state index contributed by atoms with van der Waals surface area (Å²) in [7, 11) is 3.19. The zero-order chi connectivity index (χ0) is 37.5. The molecule has 5 rings (SSSR count). The number of hydrogen-bond donors (Lipinski definition) is 1. The van der Waals surface area contributed by atoms with Crippen LogP contribution in [-0.4, -0.2) is 86.9 Å². The third kappa shape index (κ3) is 6.51. The van der Waals surface area contributed by atoms with Gasteiger partial charge in [-0.15, -0.1) is 0 Å². The number of carbonyl (C=O) groups excluding carboxylic acids is 4. The lowest BCUT2D eigenvalue weighted by atomic mass is 9.36. The van der Waals surface area contributed by atoms with Gasteiger partial charge in [-0.3, -0.25) is 19.2 Å². The molecule has 1 aromatic carbocycles. The number of carbonyl (C=O) groups is 4. The highest BCUT2D eigenvalue weighted by molar-refractivity contribution is 5.68. The molecule has 0 radical (unpaired) electrons. The molecule has 0 amide bonds. The number of benzene rings is 1. The van der Waals surface area contributed by atoms with E-state index in [1.165, 1.54) is 27.7 Å². The van der Waals surface area contributed by atoms with Crippen LogP contribution in [0.3, 0.4) is 0 Å². The second-order valence-corrected chi connectivity index (χ2v) is 15.4. The van der Waals surface area contributed by atoms with E-state index in [1.54, 1.807) is 14.2 Å². The smallest absolute Gasteiger partial charge is 0.303 e. The fourth-order valence-electron chi connectivity index (χ4n) is 10.8. The second kappa shape index (κ2) is 14.4. The van der Waals surface area contributed by atoms with E-state index in [2.05, 4.69) is 6.92 Å². The Labute approximate surface area is 300 Å². The lowest BCUT2D eigenvalue weighted by molar-refractivity contribution is -0.287. The normalized spacial score (nSPS) is 36.7. The average molecular weight is 715 g/mol. The largest absolute Gasteiger partial charge is 0.496 e. The first-order valence-electron chi connectivity index (χ1n) is 17.8. The lowest BCUT2D eigenvalue weighted by Crippen LogP contribution is -2.74. The molecule has 0 aromatic heterocycles. The van der Waals surface area contributed by atoms with E-state index < -0.39 is 75.9 Å². The number of methoxy groups -OCH3 is 2. The maximum Gasteiger partial charge on any atom is 0.303 e. The molecule has 1 saturated heterocycles. The van der Waals surface area contributed by atoms with Crippen LogP contribution in [0.25, 0.3) is 0 Å². The highest BCUT2D eigenvalue weighted by Gasteiger charge is 2.76. The number of ether oxygens (including phenoxy) is 7. The van der Waals surface area contributed by atoms with E-state index in [4.69, 9.17) is 33.2 Å². The van der Waals surface area contributed by atoms with Gasteiger partial charge in [-0.1, -0.05) is 19.9 Å². The fraction of sp³-hybridized carbons (Fsp3) is 0.692. The summed E-state index contributed by atoms with van der Waals surface area (Å²) in [4.78, 5) is 50.7. The van der Waals surface area contributed by atoms with Crippen LogP contribution in [0.4, 0.5) is 0 Å². The van der Waals surface area contributed by atoms with E-state index in [1.807, 2.05) is 38.1 Å².